The summed E-state index contributed by atoms with van der Waals surface area (Å²) in [6, 6.07) is 70.3. The Balaban J connectivity index is 0.000000146. The lowest BCUT2D eigenvalue weighted by molar-refractivity contribution is -0.633. The van der Waals surface area contributed by atoms with Crippen molar-refractivity contribution in [1.82, 2.24) is 0 Å². The smallest absolute Gasteiger partial charge is 0.207 e. The van der Waals surface area contributed by atoms with Gasteiger partial charge in [-0.2, -0.15) is 22.8 Å². The van der Waals surface area contributed by atoms with Gasteiger partial charge in [-0.3, -0.25) is 0 Å². The Morgan fingerprint density at radius 3 is 0.950 bits per heavy atom. The van der Waals surface area contributed by atoms with Crippen LogP contribution in [0.25, 0.3) is 111 Å². The van der Waals surface area contributed by atoms with Gasteiger partial charge in [0.15, 0.2) is 0 Å². The Kier molecular flexibility index (Phi) is 27.4. The zero-order valence-corrected chi connectivity index (χ0v) is 76.9. The summed E-state index contributed by atoms with van der Waals surface area (Å²) >= 11 is 0. The van der Waals surface area contributed by atoms with E-state index in [0.717, 1.165) is 66.5 Å². The molecule has 0 amide bonds. The van der Waals surface area contributed by atoms with Gasteiger partial charge in [0.25, 0.3) is 0 Å². The number of benzene rings is 10. The highest BCUT2D eigenvalue weighted by Crippen LogP contribution is 2.37. The third-order valence-corrected chi connectivity index (χ3v) is 24.8. The summed E-state index contributed by atoms with van der Waals surface area (Å²) in [4.78, 5) is 0. The van der Waals surface area contributed by atoms with E-state index in [4.69, 9.17) is 0 Å². The summed E-state index contributed by atoms with van der Waals surface area (Å²) in [7, 11) is 10.6. The number of aromatic nitrogens is 5. The molecule has 10 aromatic carbocycles. The van der Waals surface area contributed by atoms with Crippen LogP contribution < -0.4 is 22.8 Å². The van der Waals surface area contributed by atoms with Crippen LogP contribution in [-0.2, 0) is 35.2 Å². The van der Waals surface area contributed by atoms with Crippen molar-refractivity contribution in [3.63, 3.8) is 0 Å². The topological polar surface area (TPSA) is 19.4 Å². The van der Waals surface area contributed by atoms with Crippen molar-refractivity contribution in [3.8, 4) is 56.3 Å². The second-order valence-corrected chi connectivity index (χ2v) is 35.8. The van der Waals surface area contributed by atoms with E-state index in [1.165, 1.54) is 150 Å². The Labute approximate surface area is 709 Å². The van der Waals surface area contributed by atoms with Crippen LogP contribution in [0.2, 0.25) is 0 Å². The number of pyridine rings is 5. The van der Waals surface area contributed by atoms with Crippen LogP contribution in [0.4, 0.5) is 13.2 Å². The molecule has 0 unspecified atom stereocenters. The van der Waals surface area contributed by atoms with E-state index in [1.807, 2.05) is 65.8 Å². The van der Waals surface area contributed by atoms with Gasteiger partial charge in [0.1, 0.15) is 52.7 Å². The van der Waals surface area contributed by atoms with Gasteiger partial charge in [0.2, 0.25) is 56.1 Å². The van der Waals surface area contributed by atoms with Crippen molar-refractivity contribution in [2.75, 3.05) is 0 Å². The minimum atomic E-state index is -0.119. The Morgan fingerprint density at radius 2 is 0.555 bits per heavy atom. The molecular weight excluding hydrogens is 1460 g/mol. The van der Waals surface area contributed by atoms with E-state index < -0.39 is 0 Å². The molecule has 0 aliphatic heterocycles. The number of halogens is 3. The van der Waals surface area contributed by atoms with Gasteiger partial charge in [-0.15, -0.1) is 0 Å². The van der Waals surface area contributed by atoms with E-state index in [-0.39, 0.29) is 35.2 Å². The average Bonchev–Trinajstić information content (AvgIpc) is 0.781. The monoisotopic (exact) mass is 1590 g/mol. The Morgan fingerprint density at radius 1 is 0.218 bits per heavy atom. The molecule has 0 radical (unpaired) electrons. The lowest BCUT2D eigenvalue weighted by Gasteiger charge is -2.15. The van der Waals surface area contributed by atoms with E-state index >= 15 is 0 Å². The van der Waals surface area contributed by atoms with Crippen molar-refractivity contribution >= 4 is 54.5 Å². The van der Waals surface area contributed by atoms with Gasteiger partial charge in [-0.05, 0) is 277 Å². The van der Waals surface area contributed by atoms with Crippen molar-refractivity contribution in [3.05, 3.63) is 323 Å². The second-order valence-electron chi connectivity index (χ2n) is 35.8. The molecule has 0 aliphatic carbocycles. The van der Waals surface area contributed by atoms with Crippen LogP contribution in [0.5, 0.6) is 0 Å². The predicted molar refractivity (Wildman–Crippen MR) is 499 cm³/mol. The molecule has 614 valence electrons. The van der Waals surface area contributed by atoms with Gasteiger partial charge in [0, 0.05) is 116 Å². The van der Waals surface area contributed by atoms with Crippen molar-refractivity contribution in [2.24, 2.45) is 35.2 Å². The predicted octanol–water partition coefficient (Wildman–Crippen LogP) is 27.8. The third kappa shape index (κ3) is 18.7. The molecule has 0 saturated heterocycles. The second kappa shape index (κ2) is 36.7. The van der Waals surface area contributed by atoms with Gasteiger partial charge in [-0.1, -0.05) is 165 Å². The first kappa shape index (κ1) is 88.8. The van der Waals surface area contributed by atoms with Gasteiger partial charge in [-0.25, -0.2) is 13.2 Å². The number of fused-ring (bicyclic) bond motifs is 5. The molecule has 15 aromatic rings. The molecule has 5 nitrogen and oxygen atoms in total. The highest BCUT2D eigenvalue weighted by Gasteiger charge is 2.27. The molecule has 0 atom stereocenters. The van der Waals surface area contributed by atoms with Crippen LogP contribution in [0.15, 0.2) is 200 Å². The van der Waals surface area contributed by atoms with Crippen molar-refractivity contribution in [2.45, 2.75) is 209 Å². The first-order valence-electron chi connectivity index (χ1n) is 42.8. The van der Waals surface area contributed by atoms with Crippen LogP contribution >= 0.6 is 0 Å². The maximum atomic E-state index is 14.3. The summed E-state index contributed by atoms with van der Waals surface area (Å²) in [6.45, 7) is 54.0. The standard InChI is InChI=1S/C25H32N.C22H25FN.C22H26N.2C21H23FN/c1-15(2)20-13-22(16(3)4)21-9-10-24(26(8)25(21)14-20)23-12-17(5)11-18(6)19(23)7;1-13(2)22-17-7-9-21(24(6)20(17)10-8-19(22)23)18-12-14(3)11-15(4)16(18)5;1-14(2)19-8-7-18-9-10-21(23(6)22(18)13-19)20-12-15(3)11-16(4)17(20)5;1-13(2)21-16-8-10-20(17-12-14(3)6-7-15(17)4)23(5)19(16)11-9-18(21)22;1-13(2)17-12-21-16(11-19(17)22)8-9-20(23(21)5)18-10-14(3)6-7-15(18)4/h9-16H,1-8H3;7-13H,1-6H3;7-14H,1-6H3;2*6-13H,1-5H3/q5*+1. The normalized spacial score (nSPS) is 11.5. The Bertz CT molecular complexity index is 6320. The number of nitrogens with zero attached hydrogens (tertiary/aromatic N) is 5. The van der Waals surface area contributed by atoms with E-state index in [2.05, 4.69) is 347 Å². The lowest BCUT2D eigenvalue weighted by atomic mass is 9.91. The summed E-state index contributed by atoms with van der Waals surface area (Å²) in [5.74, 6) is 1.72. The molecule has 0 fully saturated rings. The molecular formula is C111H129F3N5+5. The van der Waals surface area contributed by atoms with Gasteiger partial charge in [0.05, 0.1) is 10.8 Å². The molecule has 119 heavy (non-hydrogen) atoms. The molecule has 5 aromatic heterocycles. The SMILES string of the molecule is Cc1cc(C)c(C)c(-c2ccc3c(C(C)C)c(F)ccc3[n+]2C)c1.Cc1cc(C)c(C)c(-c2ccc3c(C(C)C)cc(C(C)C)cc3[n+]2C)c1.Cc1cc(C)c(C)c(-c2ccc3ccc(C(C)C)cc3[n+]2C)c1.Cc1ccc(C)c(-c2ccc3c(C(C)C)c(F)ccc3[n+]2C)c1.Cc1ccc(C)c(-c2ccc3cc(F)c(C(C)C)cc3[n+]2C)c1. The fourth-order valence-electron chi connectivity index (χ4n) is 17.4. The number of aryl methyl sites for hydroxylation is 15. The largest absolute Gasteiger partial charge is 0.213 e. The molecule has 0 saturated carbocycles. The maximum Gasteiger partial charge on any atom is 0.213 e. The van der Waals surface area contributed by atoms with E-state index in [9.17, 15) is 13.2 Å². The van der Waals surface area contributed by atoms with Crippen molar-refractivity contribution in [1.29, 1.82) is 0 Å². The summed E-state index contributed by atoms with van der Waals surface area (Å²) in [6.07, 6.45) is 0. The molecule has 8 heteroatoms. The molecule has 0 bridgehead atoms. The first-order valence-corrected chi connectivity index (χ1v) is 42.8. The quantitative estimate of drug-likeness (QED) is 0.115. The van der Waals surface area contributed by atoms with Gasteiger partial charge >= 0.3 is 0 Å². The van der Waals surface area contributed by atoms with Crippen molar-refractivity contribution < 1.29 is 36.0 Å². The molecule has 0 N–H and O–H groups in total. The third-order valence-electron chi connectivity index (χ3n) is 24.8. The molecule has 0 spiro atoms. The maximum absolute atomic E-state index is 14.3. The lowest BCUT2D eigenvalue weighted by Crippen LogP contribution is -2.32. The summed E-state index contributed by atoms with van der Waals surface area (Å²) in [5, 5.41) is 5.60. The molecule has 0 aliphatic rings. The first-order chi connectivity index (χ1) is 56.2. The zero-order chi connectivity index (χ0) is 86.9. The number of hydrogen-bond donors (Lipinski definition) is 0. The summed E-state index contributed by atoms with van der Waals surface area (Å²) in [5.41, 5.74) is 41.8. The molecule has 15 rings (SSSR count). The van der Waals surface area contributed by atoms with Crippen LogP contribution in [0.1, 0.15) is 224 Å². The highest BCUT2D eigenvalue weighted by atomic mass is 19.1. The van der Waals surface area contributed by atoms with Gasteiger partial charge < -0.3 is 0 Å². The van der Waals surface area contributed by atoms with Crippen LogP contribution in [-0.4, -0.2) is 0 Å². The van der Waals surface area contributed by atoms with Crippen LogP contribution in [0, 0.1) is 107 Å². The summed E-state index contributed by atoms with van der Waals surface area (Å²) < 4.78 is 54.0. The average molecular weight is 1590 g/mol. The van der Waals surface area contributed by atoms with E-state index in [0.29, 0.717) is 17.8 Å². The number of rotatable bonds is 11. The van der Waals surface area contributed by atoms with E-state index in [1.54, 1.807) is 18.2 Å². The minimum Gasteiger partial charge on any atom is -0.207 e. The number of hydrogen-bond acceptors (Lipinski definition) is 0. The molecule has 5 heterocycles. The Hall–Kier alpha value is -11.0. The fraction of sp³-hybridized carbons (Fsp3) is 0.324. The fourth-order valence-corrected chi connectivity index (χ4v) is 17.4. The highest BCUT2D eigenvalue weighted by molar-refractivity contribution is 5.86. The van der Waals surface area contributed by atoms with Crippen LogP contribution in [0.3, 0.4) is 0 Å². The minimum absolute atomic E-state index is 0.118. The zero-order valence-electron chi connectivity index (χ0n) is 76.9.